The predicted molar refractivity (Wildman–Crippen MR) is 105 cm³/mol. The van der Waals surface area contributed by atoms with Gasteiger partial charge in [-0.25, -0.2) is 13.6 Å². The Hall–Kier alpha value is -3.87. The van der Waals surface area contributed by atoms with Gasteiger partial charge in [0.1, 0.15) is 17.7 Å². The summed E-state index contributed by atoms with van der Waals surface area (Å²) in [6.07, 6.45) is -0.0797. The normalized spacial score (nSPS) is 11.5. The van der Waals surface area contributed by atoms with Crippen molar-refractivity contribution in [1.82, 2.24) is 5.32 Å². The summed E-state index contributed by atoms with van der Waals surface area (Å²) >= 11 is 0. The van der Waals surface area contributed by atoms with Crippen LogP contribution in [0.3, 0.4) is 0 Å². The summed E-state index contributed by atoms with van der Waals surface area (Å²) in [4.78, 5) is 36.2. The smallest absolute Gasteiger partial charge is 0.326 e. The number of nitrogens with one attached hydrogen (secondary N) is 1. The van der Waals surface area contributed by atoms with Crippen molar-refractivity contribution in [2.24, 2.45) is 0 Å². The van der Waals surface area contributed by atoms with E-state index in [0.29, 0.717) is 22.8 Å². The second-order valence-electron chi connectivity index (χ2n) is 6.58. The van der Waals surface area contributed by atoms with Crippen LogP contribution in [0.1, 0.15) is 31.8 Å². The second-order valence-corrected chi connectivity index (χ2v) is 6.58. The molecule has 3 rings (SSSR count). The van der Waals surface area contributed by atoms with Gasteiger partial charge in [0.2, 0.25) is 0 Å². The summed E-state index contributed by atoms with van der Waals surface area (Å²) in [7, 11) is 0. The topological polar surface area (TPSA) is 83.5 Å². The molecule has 0 fully saturated rings. The Morgan fingerprint density at radius 3 is 2.10 bits per heavy atom. The van der Waals surface area contributed by atoms with Crippen molar-refractivity contribution in [2.75, 3.05) is 0 Å². The summed E-state index contributed by atoms with van der Waals surface area (Å²) in [5, 5.41) is 11.6. The first kappa shape index (κ1) is 20.9. The molecule has 5 nitrogen and oxygen atoms in total. The quantitative estimate of drug-likeness (QED) is 0.584. The molecule has 1 atom stereocenters. The van der Waals surface area contributed by atoms with Crippen LogP contribution in [0.25, 0.3) is 0 Å². The van der Waals surface area contributed by atoms with Gasteiger partial charge in [-0.3, -0.25) is 9.59 Å². The van der Waals surface area contributed by atoms with E-state index in [4.69, 9.17) is 0 Å². The van der Waals surface area contributed by atoms with Crippen molar-refractivity contribution < 1.29 is 28.3 Å². The molecule has 0 saturated carbocycles. The third-order valence-corrected chi connectivity index (χ3v) is 4.47. The number of rotatable bonds is 7. The van der Waals surface area contributed by atoms with Gasteiger partial charge < -0.3 is 10.4 Å². The first-order valence-electron chi connectivity index (χ1n) is 9.02. The number of ketones is 1. The molecule has 30 heavy (non-hydrogen) atoms. The van der Waals surface area contributed by atoms with E-state index in [0.717, 1.165) is 12.1 Å². The largest absolute Gasteiger partial charge is 0.480 e. The average Bonchev–Trinajstić information content (AvgIpc) is 2.73. The highest BCUT2D eigenvalue weighted by atomic mass is 19.1. The molecule has 0 aromatic heterocycles. The summed E-state index contributed by atoms with van der Waals surface area (Å²) in [5.74, 6) is -4.37. The van der Waals surface area contributed by atoms with E-state index in [1.807, 2.05) is 0 Å². The number of carbonyl (C=O) groups excluding carboxylic acids is 2. The van der Waals surface area contributed by atoms with Crippen LogP contribution >= 0.6 is 0 Å². The molecule has 0 bridgehead atoms. The molecule has 2 N–H and O–H groups in total. The Morgan fingerprint density at radius 2 is 1.50 bits per heavy atom. The molecule has 0 spiro atoms. The van der Waals surface area contributed by atoms with Gasteiger partial charge in [-0.15, -0.1) is 0 Å². The van der Waals surface area contributed by atoms with E-state index in [2.05, 4.69) is 5.32 Å². The van der Waals surface area contributed by atoms with Crippen molar-refractivity contribution >= 4 is 17.7 Å². The SMILES string of the molecule is O=C(c1ccccc1)c1ccc(C[C@H](NC(=O)c2ccc(F)cc2F)C(=O)O)cc1. The van der Waals surface area contributed by atoms with E-state index in [9.17, 15) is 28.3 Å². The Balaban J connectivity index is 1.71. The number of carboxylic acids is 1. The molecule has 1 amide bonds. The molecule has 0 aliphatic rings. The number of carboxylic acid groups (broad SMARTS) is 1. The third kappa shape index (κ3) is 4.94. The molecular weight excluding hydrogens is 392 g/mol. The Bertz CT molecular complexity index is 1080. The molecule has 152 valence electrons. The molecule has 0 unspecified atom stereocenters. The molecule has 0 saturated heterocycles. The second kappa shape index (κ2) is 9.09. The first-order chi connectivity index (χ1) is 14.3. The lowest BCUT2D eigenvalue weighted by Gasteiger charge is -2.15. The average molecular weight is 409 g/mol. The fraction of sp³-hybridized carbons (Fsp3) is 0.0870. The van der Waals surface area contributed by atoms with Gasteiger partial charge >= 0.3 is 5.97 Å². The highest BCUT2D eigenvalue weighted by Gasteiger charge is 2.23. The zero-order valence-corrected chi connectivity index (χ0v) is 15.6. The van der Waals surface area contributed by atoms with Crippen LogP contribution in [-0.4, -0.2) is 28.8 Å². The molecule has 3 aromatic rings. The zero-order chi connectivity index (χ0) is 21.7. The van der Waals surface area contributed by atoms with Crippen molar-refractivity contribution in [1.29, 1.82) is 0 Å². The van der Waals surface area contributed by atoms with Gasteiger partial charge in [0.15, 0.2) is 5.78 Å². The maximum Gasteiger partial charge on any atom is 0.326 e. The van der Waals surface area contributed by atoms with Crippen molar-refractivity contribution in [2.45, 2.75) is 12.5 Å². The van der Waals surface area contributed by atoms with Crippen LogP contribution < -0.4 is 5.32 Å². The van der Waals surface area contributed by atoms with E-state index in [1.54, 1.807) is 54.6 Å². The fourth-order valence-electron chi connectivity index (χ4n) is 2.89. The number of aliphatic carboxylic acids is 1. The van der Waals surface area contributed by atoms with Crippen LogP contribution in [0.5, 0.6) is 0 Å². The minimum atomic E-state index is -1.34. The molecule has 0 aliphatic carbocycles. The maximum absolute atomic E-state index is 13.8. The monoisotopic (exact) mass is 409 g/mol. The van der Waals surface area contributed by atoms with Crippen LogP contribution in [0.4, 0.5) is 8.78 Å². The number of hydrogen-bond acceptors (Lipinski definition) is 3. The van der Waals surface area contributed by atoms with E-state index in [1.165, 1.54) is 0 Å². The lowest BCUT2D eigenvalue weighted by molar-refractivity contribution is -0.139. The van der Waals surface area contributed by atoms with Gasteiger partial charge in [-0.2, -0.15) is 0 Å². The van der Waals surface area contributed by atoms with Crippen LogP contribution in [0.15, 0.2) is 72.8 Å². The van der Waals surface area contributed by atoms with Crippen LogP contribution in [0, 0.1) is 11.6 Å². The molecular formula is C23H17F2NO4. The van der Waals surface area contributed by atoms with Crippen molar-refractivity contribution in [3.63, 3.8) is 0 Å². The summed E-state index contributed by atoms with van der Waals surface area (Å²) in [5.41, 5.74) is 1.08. The molecule has 3 aromatic carbocycles. The Labute approximate surface area is 171 Å². The summed E-state index contributed by atoms with van der Waals surface area (Å²) < 4.78 is 26.8. The number of hydrogen-bond donors (Lipinski definition) is 2. The highest BCUT2D eigenvalue weighted by molar-refractivity contribution is 6.08. The standard InChI is InChI=1S/C23H17F2NO4/c24-17-10-11-18(19(25)13-17)22(28)26-20(23(29)30)12-14-6-8-16(9-7-14)21(27)15-4-2-1-3-5-15/h1-11,13,20H,12H2,(H,26,28)(H,29,30)/t20-/m0/s1. The number of benzene rings is 3. The Morgan fingerprint density at radius 1 is 0.867 bits per heavy atom. The minimum Gasteiger partial charge on any atom is -0.480 e. The van der Waals surface area contributed by atoms with Gasteiger partial charge in [0.05, 0.1) is 5.56 Å². The third-order valence-electron chi connectivity index (χ3n) is 4.47. The summed E-state index contributed by atoms with van der Waals surface area (Å²) in [6, 6.07) is 16.1. The lowest BCUT2D eigenvalue weighted by atomic mass is 9.99. The molecule has 0 heterocycles. The maximum atomic E-state index is 13.8. The minimum absolute atomic E-state index is 0.0797. The number of carbonyl (C=O) groups is 3. The molecule has 7 heteroatoms. The van der Waals surface area contributed by atoms with Crippen LogP contribution in [0.2, 0.25) is 0 Å². The Kier molecular flexibility index (Phi) is 6.32. The summed E-state index contributed by atoms with van der Waals surface area (Å²) in [6.45, 7) is 0. The lowest BCUT2D eigenvalue weighted by Crippen LogP contribution is -2.42. The van der Waals surface area contributed by atoms with E-state index in [-0.39, 0.29) is 12.2 Å². The van der Waals surface area contributed by atoms with Crippen molar-refractivity contribution in [3.8, 4) is 0 Å². The van der Waals surface area contributed by atoms with Gasteiger partial charge in [0.25, 0.3) is 5.91 Å². The van der Waals surface area contributed by atoms with Gasteiger partial charge in [0, 0.05) is 23.6 Å². The zero-order valence-electron chi connectivity index (χ0n) is 15.6. The van der Waals surface area contributed by atoms with Crippen LogP contribution in [-0.2, 0) is 11.2 Å². The van der Waals surface area contributed by atoms with Gasteiger partial charge in [-0.1, -0.05) is 54.6 Å². The fourth-order valence-corrected chi connectivity index (χ4v) is 2.89. The molecule has 0 aliphatic heterocycles. The highest BCUT2D eigenvalue weighted by Crippen LogP contribution is 2.14. The van der Waals surface area contributed by atoms with Gasteiger partial charge in [-0.05, 0) is 17.7 Å². The van der Waals surface area contributed by atoms with Crippen molar-refractivity contribution in [3.05, 3.63) is 107 Å². The number of halogens is 2. The predicted octanol–water partition coefficient (Wildman–Crippen LogP) is 3.62. The number of amides is 1. The van der Waals surface area contributed by atoms with E-state index < -0.39 is 35.1 Å². The molecule has 0 radical (unpaired) electrons. The van der Waals surface area contributed by atoms with E-state index >= 15 is 0 Å². The first-order valence-corrected chi connectivity index (χ1v) is 9.02.